The van der Waals surface area contributed by atoms with Gasteiger partial charge in [0.15, 0.2) is 0 Å². The molecule has 1 aromatic heterocycles. The maximum absolute atomic E-state index is 12.8. The Morgan fingerprint density at radius 1 is 1.35 bits per heavy atom. The minimum absolute atomic E-state index is 0.0889. The van der Waals surface area contributed by atoms with Crippen LogP contribution in [0.25, 0.3) is 0 Å². The first kappa shape index (κ1) is 16.0. The minimum atomic E-state index is -4.51. The van der Waals surface area contributed by atoms with Crippen LogP contribution in [0.5, 0.6) is 0 Å². The highest BCUT2D eigenvalue weighted by Crippen LogP contribution is 2.41. The first-order chi connectivity index (χ1) is 10.8. The number of hydrogen-bond donors (Lipinski definition) is 1. The van der Waals surface area contributed by atoms with E-state index >= 15 is 0 Å². The first-order valence-electron chi connectivity index (χ1n) is 7.47. The standard InChI is InChI=1S/C15H17F3N2O3/c16-15(17,18)11-5-12(7-19-6-11)20-9-14(23-13(20)22)3-1-10(8-21)2-4-14/h5-7,10,21H,1-4,8-9H2/t10-,14-. The molecule has 0 atom stereocenters. The molecule has 0 aromatic carbocycles. The fourth-order valence-electron chi connectivity index (χ4n) is 3.20. The molecule has 1 aromatic rings. The van der Waals surface area contributed by atoms with Gasteiger partial charge in [-0.15, -0.1) is 0 Å². The van der Waals surface area contributed by atoms with Crippen molar-refractivity contribution in [2.75, 3.05) is 18.1 Å². The van der Waals surface area contributed by atoms with Gasteiger partial charge in [-0.3, -0.25) is 9.88 Å². The lowest BCUT2D eigenvalue weighted by molar-refractivity contribution is -0.137. The lowest BCUT2D eigenvalue weighted by Crippen LogP contribution is -2.39. The third kappa shape index (κ3) is 3.12. The molecular formula is C15H17F3N2O3. The van der Waals surface area contributed by atoms with Gasteiger partial charge in [0.25, 0.3) is 0 Å². The number of pyridine rings is 1. The Kier molecular flexibility index (Phi) is 3.95. The molecule has 0 bridgehead atoms. The molecule has 1 aliphatic carbocycles. The van der Waals surface area contributed by atoms with Gasteiger partial charge in [0, 0.05) is 12.8 Å². The zero-order valence-electron chi connectivity index (χ0n) is 12.3. The number of hydrogen-bond acceptors (Lipinski definition) is 4. The summed E-state index contributed by atoms with van der Waals surface area (Å²) in [6.07, 6.45) is -0.518. The molecular weight excluding hydrogens is 313 g/mol. The van der Waals surface area contributed by atoms with Crippen molar-refractivity contribution in [2.45, 2.75) is 37.5 Å². The van der Waals surface area contributed by atoms with Crippen molar-refractivity contribution < 1.29 is 27.8 Å². The van der Waals surface area contributed by atoms with E-state index in [1.165, 1.54) is 11.1 Å². The second-order valence-corrected chi connectivity index (χ2v) is 6.19. The number of anilines is 1. The number of alkyl halides is 3. The van der Waals surface area contributed by atoms with Crippen molar-refractivity contribution in [1.29, 1.82) is 0 Å². The van der Waals surface area contributed by atoms with E-state index in [9.17, 15) is 23.1 Å². The summed E-state index contributed by atoms with van der Waals surface area (Å²) in [7, 11) is 0. The lowest BCUT2D eigenvalue weighted by Gasteiger charge is -2.34. The van der Waals surface area contributed by atoms with Gasteiger partial charge in [-0.05, 0) is 37.7 Å². The summed E-state index contributed by atoms with van der Waals surface area (Å²) in [5.74, 6) is 0.198. The number of halogens is 3. The zero-order valence-corrected chi connectivity index (χ0v) is 12.3. The number of aliphatic hydroxyl groups is 1. The van der Waals surface area contributed by atoms with Gasteiger partial charge in [0.05, 0.1) is 24.0 Å². The van der Waals surface area contributed by atoms with Crippen molar-refractivity contribution in [3.63, 3.8) is 0 Å². The second kappa shape index (κ2) is 5.67. The van der Waals surface area contributed by atoms with E-state index in [1.54, 1.807) is 0 Å². The quantitative estimate of drug-likeness (QED) is 0.905. The Hall–Kier alpha value is -1.83. The molecule has 23 heavy (non-hydrogen) atoms. The third-order valence-corrected chi connectivity index (χ3v) is 4.61. The van der Waals surface area contributed by atoms with Gasteiger partial charge in [-0.25, -0.2) is 4.79 Å². The highest BCUT2D eigenvalue weighted by Gasteiger charge is 2.48. The molecule has 126 valence electrons. The topological polar surface area (TPSA) is 62.7 Å². The van der Waals surface area contributed by atoms with Gasteiger partial charge in [0.2, 0.25) is 0 Å². The van der Waals surface area contributed by atoms with Crippen molar-refractivity contribution >= 4 is 11.8 Å². The molecule has 5 nitrogen and oxygen atoms in total. The Bertz CT molecular complexity index is 598. The summed E-state index contributed by atoms with van der Waals surface area (Å²) in [5, 5.41) is 9.18. The smallest absolute Gasteiger partial charge is 0.417 e. The van der Waals surface area contributed by atoms with Crippen molar-refractivity contribution in [3.05, 3.63) is 24.0 Å². The molecule has 1 saturated carbocycles. The highest BCUT2D eigenvalue weighted by molar-refractivity contribution is 5.90. The summed E-state index contributed by atoms with van der Waals surface area (Å²) in [4.78, 5) is 16.9. The van der Waals surface area contributed by atoms with E-state index in [0.717, 1.165) is 25.1 Å². The molecule has 2 aliphatic rings. The summed E-state index contributed by atoms with van der Waals surface area (Å²) < 4.78 is 43.8. The summed E-state index contributed by atoms with van der Waals surface area (Å²) in [5.41, 5.74) is -1.48. The average Bonchev–Trinajstić information content (AvgIpc) is 2.84. The maximum atomic E-state index is 12.8. The highest BCUT2D eigenvalue weighted by atomic mass is 19.4. The van der Waals surface area contributed by atoms with Crippen LogP contribution < -0.4 is 4.90 Å². The number of ether oxygens (including phenoxy) is 1. The molecule has 1 saturated heterocycles. The van der Waals surface area contributed by atoms with Crippen LogP contribution in [-0.4, -0.2) is 34.9 Å². The molecule has 1 spiro atoms. The fourth-order valence-corrected chi connectivity index (χ4v) is 3.20. The number of aromatic nitrogens is 1. The number of carbonyl (C=O) groups is 1. The Labute approximate surface area is 131 Å². The zero-order chi connectivity index (χ0) is 16.7. The van der Waals surface area contributed by atoms with Crippen LogP contribution in [0.2, 0.25) is 0 Å². The van der Waals surface area contributed by atoms with E-state index in [0.29, 0.717) is 12.8 Å². The molecule has 2 heterocycles. The molecule has 2 fully saturated rings. The number of nitrogens with zero attached hydrogens (tertiary/aromatic N) is 2. The summed E-state index contributed by atoms with van der Waals surface area (Å²) in [6, 6.07) is 0.909. The van der Waals surface area contributed by atoms with E-state index in [-0.39, 0.29) is 24.8 Å². The fraction of sp³-hybridized carbons (Fsp3) is 0.600. The largest absolute Gasteiger partial charge is 0.441 e. The van der Waals surface area contributed by atoms with Crippen LogP contribution in [-0.2, 0) is 10.9 Å². The molecule has 0 radical (unpaired) electrons. The van der Waals surface area contributed by atoms with Crippen LogP contribution in [0, 0.1) is 5.92 Å². The second-order valence-electron chi connectivity index (χ2n) is 6.19. The van der Waals surface area contributed by atoms with Crippen LogP contribution in [0.15, 0.2) is 18.5 Å². The van der Waals surface area contributed by atoms with Gasteiger partial charge in [0.1, 0.15) is 5.60 Å². The molecule has 0 unspecified atom stereocenters. The Morgan fingerprint density at radius 3 is 2.65 bits per heavy atom. The Balaban J connectivity index is 1.79. The third-order valence-electron chi connectivity index (χ3n) is 4.61. The van der Waals surface area contributed by atoms with Crippen molar-refractivity contribution in [2.24, 2.45) is 5.92 Å². The lowest BCUT2D eigenvalue weighted by atomic mass is 9.79. The molecule has 8 heteroatoms. The molecule has 1 N–H and O–H groups in total. The van der Waals surface area contributed by atoms with Crippen LogP contribution in [0.1, 0.15) is 31.2 Å². The van der Waals surface area contributed by atoms with E-state index in [2.05, 4.69) is 4.98 Å². The monoisotopic (exact) mass is 330 g/mol. The van der Waals surface area contributed by atoms with Crippen LogP contribution in [0.4, 0.5) is 23.7 Å². The predicted molar refractivity (Wildman–Crippen MR) is 74.8 cm³/mol. The van der Waals surface area contributed by atoms with Gasteiger partial charge in [-0.1, -0.05) is 0 Å². The maximum Gasteiger partial charge on any atom is 0.417 e. The number of amides is 1. The normalized spacial score (nSPS) is 28.3. The first-order valence-corrected chi connectivity index (χ1v) is 7.47. The van der Waals surface area contributed by atoms with Crippen molar-refractivity contribution in [3.8, 4) is 0 Å². The van der Waals surface area contributed by atoms with Crippen LogP contribution >= 0.6 is 0 Å². The SMILES string of the molecule is O=C1O[C@]2(CC[C@H](CO)CC2)CN1c1cncc(C(F)(F)F)c1. The van der Waals surface area contributed by atoms with E-state index < -0.39 is 23.4 Å². The molecule has 1 amide bonds. The average molecular weight is 330 g/mol. The van der Waals surface area contributed by atoms with Crippen molar-refractivity contribution in [1.82, 2.24) is 4.98 Å². The van der Waals surface area contributed by atoms with E-state index in [1.807, 2.05) is 0 Å². The molecule has 3 rings (SSSR count). The van der Waals surface area contributed by atoms with Gasteiger partial charge >= 0.3 is 12.3 Å². The van der Waals surface area contributed by atoms with Crippen LogP contribution in [0.3, 0.4) is 0 Å². The minimum Gasteiger partial charge on any atom is -0.441 e. The number of rotatable bonds is 2. The summed E-state index contributed by atoms with van der Waals surface area (Å²) in [6.45, 7) is 0.318. The predicted octanol–water partition coefficient (Wildman–Crippen LogP) is 2.98. The Morgan fingerprint density at radius 2 is 2.04 bits per heavy atom. The number of aliphatic hydroxyl groups excluding tert-OH is 1. The van der Waals surface area contributed by atoms with Gasteiger partial charge in [-0.2, -0.15) is 13.2 Å². The summed E-state index contributed by atoms with van der Waals surface area (Å²) >= 11 is 0. The number of carbonyl (C=O) groups excluding carboxylic acids is 1. The molecule has 1 aliphatic heterocycles. The van der Waals surface area contributed by atoms with E-state index in [4.69, 9.17) is 4.74 Å². The van der Waals surface area contributed by atoms with Gasteiger partial charge < -0.3 is 9.84 Å².